The van der Waals surface area contributed by atoms with E-state index in [0.717, 1.165) is 12.2 Å². The SMILES string of the molecule is CN(C)C(=O)c1cc(NCC2(CN)CCCC2)ccn1. The highest BCUT2D eigenvalue weighted by atomic mass is 16.2. The summed E-state index contributed by atoms with van der Waals surface area (Å²) in [6.45, 7) is 1.58. The Kier molecular flexibility index (Phi) is 4.60. The van der Waals surface area contributed by atoms with E-state index in [0.29, 0.717) is 12.2 Å². The van der Waals surface area contributed by atoms with Gasteiger partial charge in [-0.3, -0.25) is 9.78 Å². The number of amides is 1. The van der Waals surface area contributed by atoms with E-state index in [1.165, 1.54) is 30.6 Å². The van der Waals surface area contributed by atoms with Crippen molar-refractivity contribution in [3.63, 3.8) is 0 Å². The molecular weight excluding hydrogens is 252 g/mol. The number of aromatic nitrogens is 1. The third kappa shape index (κ3) is 3.28. The van der Waals surface area contributed by atoms with Gasteiger partial charge in [-0.15, -0.1) is 0 Å². The summed E-state index contributed by atoms with van der Waals surface area (Å²) in [5.41, 5.74) is 7.56. The number of pyridine rings is 1. The van der Waals surface area contributed by atoms with Crippen molar-refractivity contribution in [2.45, 2.75) is 25.7 Å². The second-order valence-electron chi connectivity index (χ2n) is 5.89. The Hall–Kier alpha value is -1.62. The average molecular weight is 276 g/mol. The summed E-state index contributed by atoms with van der Waals surface area (Å²) in [6.07, 6.45) is 6.57. The van der Waals surface area contributed by atoms with Crippen LogP contribution >= 0.6 is 0 Å². The Morgan fingerprint density at radius 3 is 2.75 bits per heavy atom. The molecule has 1 heterocycles. The van der Waals surface area contributed by atoms with E-state index in [-0.39, 0.29) is 11.3 Å². The van der Waals surface area contributed by atoms with E-state index in [1.807, 2.05) is 12.1 Å². The molecule has 1 aromatic heterocycles. The Balaban J connectivity index is 2.03. The number of nitrogens with zero attached hydrogens (tertiary/aromatic N) is 2. The van der Waals surface area contributed by atoms with Gasteiger partial charge >= 0.3 is 0 Å². The Morgan fingerprint density at radius 1 is 1.45 bits per heavy atom. The standard InChI is InChI=1S/C15H24N4O/c1-19(2)14(20)13-9-12(5-8-17-13)18-11-15(10-16)6-3-4-7-15/h5,8-9H,3-4,6-7,10-11,16H2,1-2H3,(H,17,18). The molecule has 2 rings (SSSR count). The van der Waals surface area contributed by atoms with Gasteiger partial charge < -0.3 is 16.0 Å². The average Bonchev–Trinajstić information content (AvgIpc) is 2.94. The maximum absolute atomic E-state index is 11.9. The van der Waals surface area contributed by atoms with Crippen LogP contribution in [-0.4, -0.2) is 43.0 Å². The fourth-order valence-electron chi connectivity index (χ4n) is 2.75. The van der Waals surface area contributed by atoms with Crippen LogP contribution in [0.5, 0.6) is 0 Å². The molecule has 0 aromatic carbocycles. The number of hydrogen-bond donors (Lipinski definition) is 2. The van der Waals surface area contributed by atoms with Gasteiger partial charge in [0.05, 0.1) is 0 Å². The lowest BCUT2D eigenvalue weighted by molar-refractivity contribution is 0.0822. The minimum Gasteiger partial charge on any atom is -0.384 e. The quantitative estimate of drug-likeness (QED) is 0.859. The molecule has 1 fully saturated rings. The molecule has 20 heavy (non-hydrogen) atoms. The van der Waals surface area contributed by atoms with E-state index in [2.05, 4.69) is 10.3 Å². The molecule has 5 heteroatoms. The monoisotopic (exact) mass is 276 g/mol. The minimum absolute atomic E-state index is 0.0805. The fourth-order valence-corrected chi connectivity index (χ4v) is 2.75. The molecule has 1 aliphatic rings. The fraction of sp³-hybridized carbons (Fsp3) is 0.600. The predicted molar refractivity (Wildman–Crippen MR) is 80.7 cm³/mol. The summed E-state index contributed by atoms with van der Waals surface area (Å²) < 4.78 is 0. The third-order valence-corrected chi connectivity index (χ3v) is 4.15. The molecule has 0 spiro atoms. The second kappa shape index (κ2) is 6.22. The highest BCUT2D eigenvalue weighted by molar-refractivity contribution is 5.92. The number of hydrogen-bond acceptors (Lipinski definition) is 4. The topological polar surface area (TPSA) is 71.2 Å². The van der Waals surface area contributed by atoms with Gasteiger partial charge in [0.2, 0.25) is 0 Å². The number of carbonyl (C=O) groups is 1. The molecule has 0 atom stereocenters. The number of rotatable bonds is 5. The minimum atomic E-state index is -0.0805. The number of nitrogens with two attached hydrogens (primary N) is 1. The summed E-state index contributed by atoms with van der Waals surface area (Å²) in [5.74, 6) is -0.0805. The maximum Gasteiger partial charge on any atom is 0.272 e. The summed E-state index contributed by atoms with van der Waals surface area (Å²) in [7, 11) is 3.46. The lowest BCUT2D eigenvalue weighted by atomic mass is 9.86. The van der Waals surface area contributed by atoms with Crippen LogP contribution in [0.15, 0.2) is 18.3 Å². The summed E-state index contributed by atoms with van der Waals surface area (Å²) >= 11 is 0. The van der Waals surface area contributed by atoms with Gasteiger partial charge in [0, 0.05) is 32.5 Å². The van der Waals surface area contributed by atoms with Gasteiger partial charge in [0.15, 0.2) is 0 Å². The molecule has 0 aliphatic heterocycles. The van der Waals surface area contributed by atoms with Gasteiger partial charge in [-0.05, 0) is 36.9 Å². The van der Waals surface area contributed by atoms with E-state index < -0.39 is 0 Å². The third-order valence-electron chi connectivity index (χ3n) is 4.15. The predicted octanol–water partition coefficient (Wildman–Crippen LogP) is 1.71. The first kappa shape index (κ1) is 14.8. The molecule has 0 bridgehead atoms. The lowest BCUT2D eigenvalue weighted by Crippen LogP contribution is -2.34. The van der Waals surface area contributed by atoms with Crippen molar-refractivity contribution in [1.29, 1.82) is 0 Å². The summed E-state index contributed by atoms with van der Waals surface area (Å²) in [6, 6.07) is 3.70. The van der Waals surface area contributed by atoms with Crippen LogP contribution < -0.4 is 11.1 Å². The van der Waals surface area contributed by atoms with Gasteiger partial charge in [0.1, 0.15) is 5.69 Å². The molecule has 1 saturated carbocycles. The highest BCUT2D eigenvalue weighted by Gasteiger charge is 2.32. The first-order valence-corrected chi connectivity index (χ1v) is 7.18. The lowest BCUT2D eigenvalue weighted by Gasteiger charge is -2.28. The van der Waals surface area contributed by atoms with Crippen molar-refractivity contribution in [2.75, 3.05) is 32.5 Å². The largest absolute Gasteiger partial charge is 0.384 e. The molecule has 0 radical (unpaired) electrons. The Bertz CT molecular complexity index is 467. The first-order chi connectivity index (χ1) is 9.56. The van der Waals surface area contributed by atoms with Crippen molar-refractivity contribution in [3.8, 4) is 0 Å². The van der Waals surface area contributed by atoms with Gasteiger partial charge in [-0.1, -0.05) is 12.8 Å². The molecule has 0 unspecified atom stereocenters. The molecule has 1 aromatic rings. The second-order valence-corrected chi connectivity index (χ2v) is 5.89. The van der Waals surface area contributed by atoms with Crippen LogP contribution in [0.25, 0.3) is 0 Å². The van der Waals surface area contributed by atoms with E-state index in [1.54, 1.807) is 20.3 Å². The van der Waals surface area contributed by atoms with E-state index >= 15 is 0 Å². The van der Waals surface area contributed by atoms with Crippen molar-refractivity contribution in [2.24, 2.45) is 11.1 Å². The zero-order valence-electron chi connectivity index (χ0n) is 12.4. The normalized spacial score (nSPS) is 16.9. The van der Waals surface area contributed by atoms with Crippen LogP contribution in [0, 0.1) is 5.41 Å². The van der Waals surface area contributed by atoms with Gasteiger partial charge in [-0.25, -0.2) is 0 Å². The zero-order valence-corrected chi connectivity index (χ0v) is 12.4. The van der Waals surface area contributed by atoms with Crippen LogP contribution in [0.3, 0.4) is 0 Å². The zero-order chi connectivity index (χ0) is 14.6. The number of anilines is 1. The first-order valence-electron chi connectivity index (χ1n) is 7.18. The smallest absolute Gasteiger partial charge is 0.272 e. The van der Waals surface area contributed by atoms with E-state index in [9.17, 15) is 4.79 Å². The summed E-state index contributed by atoms with van der Waals surface area (Å²) in [4.78, 5) is 17.5. The number of nitrogens with one attached hydrogen (secondary N) is 1. The van der Waals surface area contributed by atoms with E-state index in [4.69, 9.17) is 5.73 Å². The number of carbonyl (C=O) groups excluding carboxylic acids is 1. The molecule has 1 amide bonds. The van der Waals surface area contributed by atoms with Crippen LogP contribution in [0.1, 0.15) is 36.2 Å². The molecular formula is C15H24N4O. The van der Waals surface area contributed by atoms with Gasteiger partial charge in [0.25, 0.3) is 5.91 Å². The van der Waals surface area contributed by atoms with Crippen molar-refractivity contribution in [3.05, 3.63) is 24.0 Å². The molecule has 3 N–H and O–H groups in total. The molecule has 5 nitrogen and oxygen atoms in total. The maximum atomic E-state index is 11.9. The van der Waals surface area contributed by atoms with Crippen molar-refractivity contribution >= 4 is 11.6 Å². The summed E-state index contributed by atoms with van der Waals surface area (Å²) in [5, 5.41) is 3.42. The van der Waals surface area contributed by atoms with Crippen molar-refractivity contribution in [1.82, 2.24) is 9.88 Å². The highest BCUT2D eigenvalue weighted by Crippen LogP contribution is 2.37. The molecule has 1 aliphatic carbocycles. The Morgan fingerprint density at radius 2 is 2.15 bits per heavy atom. The van der Waals surface area contributed by atoms with Gasteiger partial charge in [-0.2, -0.15) is 0 Å². The van der Waals surface area contributed by atoms with Crippen molar-refractivity contribution < 1.29 is 4.79 Å². The Labute approximate surface area is 120 Å². The molecule has 0 saturated heterocycles. The van der Waals surface area contributed by atoms with Crippen LogP contribution in [0.4, 0.5) is 5.69 Å². The molecule has 110 valence electrons. The van der Waals surface area contributed by atoms with Crippen LogP contribution in [-0.2, 0) is 0 Å². The van der Waals surface area contributed by atoms with Crippen LogP contribution in [0.2, 0.25) is 0 Å².